The number of fused-ring (bicyclic) bond motifs is 1. The Morgan fingerprint density at radius 1 is 1.03 bits per heavy atom. The van der Waals surface area contributed by atoms with Crippen LogP contribution in [0.25, 0.3) is 16.6 Å². The molecule has 0 aliphatic rings. The molecule has 0 atom stereocenters. The molecule has 0 saturated carbocycles. The Balaban J connectivity index is 1.38. The number of carbonyl (C=O) groups is 2. The van der Waals surface area contributed by atoms with Crippen LogP contribution in [0.2, 0.25) is 0 Å². The van der Waals surface area contributed by atoms with Crippen molar-refractivity contribution in [1.82, 2.24) is 14.3 Å². The van der Waals surface area contributed by atoms with Gasteiger partial charge in [0.2, 0.25) is 0 Å². The van der Waals surface area contributed by atoms with Gasteiger partial charge in [-0.1, -0.05) is 36.4 Å². The maximum Gasteiger partial charge on any atom is 0.310 e. The Kier molecular flexibility index (Phi) is 5.58. The molecule has 0 aliphatic carbocycles. The fourth-order valence-electron chi connectivity index (χ4n) is 3.74. The Labute approximate surface area is 180 Å². The Bertz CT molecular complexity index is 1250. The van der Waals surface area contributed by atoms with Crippen molar-refractivity contribution in [1.29, 1.82) is 0 Å². The summed E-state index contributed by atoms with van der Waals surface area (Å²) in [4.78, 5) is 24.7. The van der Waals surface area contributed by atoms with Crippen molar-refractivity contribution in [3.63, 3.8) is 0 Å². The molecule has 1 N–H and O–H groups in total. The molecule has 0 aliphatic heterocycles. The molecule has 158 valence electrons. The quantitative estimate of drug-likeness (QED) is 0.486. The van der Waals surface area contributed by atoms with Crippen molar-refractivity contribution in [2.75, 3.05) is 11.9 Å². The van der Waals surface area contributed by atoms with E-state index in [2.05, 4.69) is 10.4 Å². The maximum atomic E-state index is 12.4. The van der Waals surface area contributed by atoms with Crippen LogP contribution in [0.4, 0.5) is 5.69 Å². The highest BCUT2D eigenvalue weighted by Gasteiger charge is 2.17. The summed E-state index contributed by atoms with van der Waals surface area (Å²) < 4.78 is 8.97. The molecule has 2 aromatic carbocycles. The lowest BCUT2D eigenvalue weighted by Crippen LogP contribution is -2.22. The molecule has 2 heterocycles. The summed E-state index contributed by atoms with van der Waals surface area (Å²) >= 11 is 0. The maximum absolute atomic E-state index is 12.4. The molecule has 1 amide bonds. The molecule has 2 aromatic heterocycles. The van der Waals surface area contributed by atoms with Crippen LogP contribution in [0.1, 0.15) is 17.0 Å². The molecule has 0 saturated heterocycles. The Morgan fingerprint density at radius 2 is 1.74 bits per heavy atom. The van der Waals surface area contributed by atoms with Gasteiger partial charge in [0.25, 0.3) is 5.91 Å². The molecule has 4 aromatic rings. The number of esters is 1. The predicted molar refractivity (Wildman–Crippen MR) is 119 cm³/mol. The molecular formula is C24H24N4O3. The second-order valence-corrected chi connectivity index (χ2v) is 7.46. The van der Waals surface area contributed by atoms with Crippen molar-refractivity contribution < 1.29 is 14.3 Å². The highest BCUT2D eigenvalue weighted by atomic mass is 16.5. The summed E-state index contributed by atoms with van der Waals surface area (Å²) in [5.41, 5.74) is 4.95. The average molecular weight is 416 g/mol. The van der Waals surface area contributed by atoms with Crippen molar-refractivity contribution in [2.24, 2.45) is 7.05 Å². The number of para-hydroxylation sites is 2. The van der Waals surface area contributed by atoms with Crippen molar-refractivity contribution >= 4 is 28.5 Å². The molecular weight excluding hydrogens is 392 g/mol. The molecule has 7 nitrogen and oxygen atoms in total. The average Bonchev–Trinajstić information content (AvgIpc) is 3.24. The van der Waals surface area contributed by atoms with Gasteiger partial charge in [0.05, 0.1) is 29.2 Å². The summed E-state index contributed by atoms with van der Waals surface area (Å²) in [5, 5.41) is 8.33. The van der Waals surface area contributed by atoms with E-state index in [0.717, 1.165) is 27.8 Å². The number of anilines is 1. The molecule has 0 radical (unpaired) electrons. The largest absolute Gasteiger partial charge is 0.455 e. The zero-order chi connectivity index (χ0) is 22.0. The summed E-state index contributed by atoms with van der Waals surface area (Å²) in [6.07, 6.45) is 2.02. The molecule has 0 spiro atoms. The first kappa shape index (κ1) is 20.4. The van der Waals surface area contributed by atoms with Crippen LogP contribution in [0.5, 0.6) is 0 Å². The van der Waals surface area contributed by atoms with Gasteiger partial charge in [0, 0.05) is 24.1 Å². The second-order valence-electron chi connectivity index (χ2n) is 7.46. The van der Waals surface area contributed by atoms with Gasteiger partial charge in [-0.3, -0.25) is 9.59 Å². The monoisotopic (exact) mass is 416 g/mol. The van der Waals surface area contributed by atoms with Crippen LogP contribution in [-0.4, -0.2) is 32.8 Å². The lowest BCUT2D eigenvalue weighted by molar-refractivity contribution is -0.146. The first-order valence-corrected chi connectivity index (χ1v) is 10.0. The van der Waals surface area contributed by atoms with E-state index in [0.29, 0.717) is 11.4 Å². The molecule has 0 bridgehead atoms. The van der Waals surface area contributed by atoms with E-state index in [1.165, 1.54) is 0 Å². The van der Waals surface area contributed by atoms with Crippen LogP contribution in [0, 0.1) is 13.8 Å². The first-order valence-electron chi connectivity index (χ1n) is 10.0. The minimum Gasteiger partial charge on any atom is -0.455 e. The fraction of sp³-hybridized carbons (Fsp3) is 0.208. The number of nitrogens with zero attached hydrogens (tertiary/aromatic N) is 3. The first-order chi connectivity index (χ1) is 14.9. The zero-order valence-corrected chi connectivity index (χ0v) is 17.8. The summed E-state index contributed by atoms with van der Waals surface area (Å²) in [6.45, 7) is 3.36. The van der Waals surface area contributed by atoms with Crippen LogP contribution in [0.15, 0.2) is 60.8 Å². The van der Waals surface area contributed by atoms with E-state index in [9.17, 15) is 9.59 Å². The number of nitrogens with one attached hydrogen (secondary N) is 1. The Morgan fingerprint density at radius 3 is 2.52 bits per heavy atom. The standard InChI is InChI=1S/C24H24N4O3/c1-16-24(17(2)28(26-16)19-9-5-4-6-10-19)25-22(29)15-31-23(30)13-18-14-27(3)21-12-8-7-11-20(18)21/h4-12,14H,13,15H2,1-3H3,(H,25,29). The van der Waals surface area contributed by atoms with E-state index in [1.807, 2.05) is 86.3 Å². The number of amides is 1. The smallest absolute Gasteiger partial charge is 0.310 e. The van der Waals surface area contributed by atoms with Crippen molar-refractivity contribution in [3.05, 3.63) is 77.7 Å². The van der Waals surface area contributed by atoms with Gasteiger partial charge < -0.3 is 14.6 Å². The van der Waals surface area contributed by atoms with Crippen molar-refractivity contribution in [2.45, 2.75) is 20.3 Å². The topological polar surface area (TPSA) is 78.2 Å². The van der Waals surface area contributed by atoms with Gasteiger partial charge in [0.15, 0.2) is 6.61 Å². The van der Waals surface area contributed by atoms with E-state index in [-0.39, 0.29) is 13.0 Å². The van der Waals surface area contributed by atoms with Gasteiger partial charge in [-0.05, 0) is 37.6 Å². The highest BCUT2D eigenvalue weighted by Crippen LogP contribution is 2.23. The second kappa shape index (κ2) is 8.47. The molecule has 4 rings (SSSR count). The van der Waals surface area contributed by atoms with Crippen LogP contribution >= 0.6 is 0 Å². The predicted octanol–water partition coefficient (Wildman–Crippen LogP) is 3.71. The molecule has 31 heavy (non-hydrogen) atoms. The Hall–Kier alpha value is -3.87. The lowest BCUT2D eigenvalue weighted by atomic mass is 10.1. The number of aromatic nitrogens is 3. The van der Waals surface area contributed by atoms with E-state index in [4.69, 9.17) is 4.74 Å². The zero-order valence-electron chi connectivity index (χ0n) is 17.8. The van der Waals surface area contributed by atoms with Gasteiger partial charge in [0.1, 0.15) is 0 Å². The van der Waals surface area contributed by atoms with Crippen LogP contribution < -0.4 is 5.32 Å². The van der Waals surface area contributed by atoms with Gasteiger partial charge in [-0.2, -0.15) is 5.10 Å². The SMILES string of the molecule is Cc1nn(-c2ccccc2)c(C)c1NC(=O)COC(=O)Cc1cn(C)c2ccccc12. The van der Waals surface area contributed by atoms with Gasteiger partial charge >= 0.3 is 5.97 Å². The number of carbonyl (C=O) groups excluding carboxylic acids is 2. The third-order valence-corrected chi connectivity index (χ3v) is 5.24. The van der Waals surface area contributed by atoms with E-state index < -0.39 is 11.9 Å². The summed E-state index contributed by atoms with van der Waals surface area (Å²) in [5.74, 6) is -0.843. The van der Waals surface area contributed by atoms with Gasteiger partial charge in [-0.25, -0.2) is 4.68 Å². The van der Waals surface area contributed by atoms with Crippen LogP contribution in [-0.2, 0) is 27.8 Å². The van der Waals surface area contributed by atoms with E-state index in [1.54, 1.807) is 4.68 Å². The number of hydrogen-bond donors (Lipinski definition) is 1. The summed E-state index contributed by atoms with van der Waals surface area (Å²) in [7, 11) is 1.94. The number of benzene rings is 2. The lowest BCUT2D eigenvalue weighted by Gasteiger charge is -2.08. The minimum absolute atomic E-state index is 0.110. The number of ether oxygens (including phenoxy) is 1. The summed E-state index contributed by atoms with van der Waals surface area (Å²) in [6, 6.07) is 17.5. The van der Waals surface area contributed by atoms with Crippen LogP contribution in [0.3, 0.4) is 0 Å². The third kappa shape index (κ3) is 4.21. The number of aryl methyl sites for hydroxylation is 2. The minimum atomic E-state index is -0.445. The van der Waals surface area contributed by atoms with Gasteiger partial charge in [-0.15, -0.1) is 0 Å². The molecule has 0 fully saturated rings. The van der Waals surface area contributed by atoms with E-state index >= 15 is 0 Å². The third-order valence-electron chi connectivity index (χ3n) is 5.24. The van der Waals surface area contributed by atoms with Crippen molar-refractivity contribution in [3.8, 4) is 5.69 Å². The fourth-order valence-corrected chi connectivity index (χ4v) is 3.74. The highest BCUT2D eigenvalue weighted by molar-refractivity contribution is 5.94. The number of hydrogen-bond acceptors (Lipinski definition) is 4. The molecule has 0 unspecified atom stereocenters. The normalized spacial score (nSPS) is 10.9. The number of rotatable bonds is 6. The molecule has 7 heteroatoms.